The minimum Gasteiger partial charge on any atom is -0.283 e. The van der Waals surface area contributed by atoms with Gasteiger partial charge in [0.05, 0.1) is 0 Å². The maximum atomic E-state index is 10.9. The molecule has 0 bridgehead atoms. The van der Waals surface area contributed by atoms with E-state index >= 15 is 0 Å². The normalized spacial score (nSPS) is 16.1. The Bertz CT molecular complexity index is 150. The molecule has 0 aromatic carbocycles. The lowest BCUT2D eigenvalue weighted by Gasteiger charge is -2.10. The molecule has 1 heterocycles. The van der Waals surface area contributed by atoms with E-state index in [9.17, 15) is 9.59 Å². The van der Waals surface area contributed by atoms with E-state index in [1.807, 2.05) is 20.8 Å². The van der Waals surface area contributed by atoms with Crippen LogP contribution in [0.4, 0.5) is 0 Å². The third-order valence-electron chi connectivity index (χ3n) is 1.60. The standard InChI is InChI=1S/C7H11NO2.C2H6/c1-2-5-8-6(9)3-4-7(8)10;1-2/h2-5H2,1H3;1-2H3. The largest absolute Gasteiger partial charge is 0.283 e. The highest BCUT2D eigenvalue weighted by molar-refractivity contribution is 6.01. The van der Waals surface area contributed by atoms with E-state index in [0.29, 0.717) is 19.4 Å². The summed E-state index contributed by atoms with van der Waals surface area (Å²) in [6.45, 7) is 6.55. The Labute approximate surface area is 73.7 Å². The minimum absolute atomic E-state index is 0.00755. The number of imide groups is 1. The summed E-state index contributed by atoms with van der Waals surface area (Å²) in [6.07, 6.45) is 1.69. The van der Waals surface area contributed by atoms with Crippen LogP contribution in [-0.4, -0.2) is 23.3 Å². The molecule has 70 valence electrons. The number of hydrogen-bond donors (Lipinski definition) is 0. The topological polar surface area (TPSA) is 37.4 Å². The molecule has 1 aliphatic heterocycles. The van der Waals surface area contributed by atoms with Crippen LogP contribution < -0.4 is 0 Å². The maximum Gasteiger partial charge on any atom is 0.229 e. The molecule has 0 N–H and O–H groups in total. The predicted octanol–water partition coefficient (Wildman–Crippen LogP) is 1.57. The van der Waals surface area contributed by atoms with Crippen LogP contribution in [0.1, 0.15) is 40.0 Å². The third-order valence-corrected chi connectivity index (χ3v) is 1.60. The zero-order valence-electron chi connectivity index (χ0n) is 8.09. The number of likely N-dealkylation sites (tertiary alicyclic amines) is 1. The smallest absolute Gasteiger partial charge is 0.229 e. The summed E-state index contributed by atoms with van der Waals surface area (Å²) in [4.78, 5) is 23.1. The van der Waals surface area contributed by atoms with Crippen LogP contribution in [0.2, 0.25) is 0 Å². The lowest BCUT2D eigenvalue weighted by Crippen LogP contribution is -2.29. The average Bonchev–Trinajstić information content (AvgIpc) is 2.40. The first-order valence-corrected chi connectivity index (χ1v) is 4.59. The summed E-state index contributed by atoms with van der Waals surface area (Å²) in [6, 6.07) is 0. The van der Waals surface area contributed by atoms with Crippen molar-refractivity contribution >= 4 is 11.8 Å². The van der Waals surface area contributed by atoms with Gasteiger partial charge in [-0.15, -0.1) is 0 Å². The zero-order chi connectivity index (χ0) is 9.56. The number of amides is 2. The van der Waals surface area contributed by atoms with Gasteiger partial charge in [-0.1, -0.05) is 20.8 Å². The molecule has 0 unspecified atom stereocenters. The number of carbonyl (C=O) groups is 2. The van der Waals surface area contributed by atoms with Crippen molar-refractivity contribution in [2.45, 2.75) is 40.0 Å². The van der Waals surface area contributed by atoms with Crippen LogP contribution >= 0.6 is 0 Å². The Morgan fingerprint density at radius 2 is 1.58 bits per heavy atom. The summed E-state index contributed by atoms with van der Waals surface area (Å²) in [7, 11) is 0. The van der Waals surface area contributed by atoms with E-state index in [-0.39, 0.29) is 11.8 Å². The van der Waals surface area contributed by atoms with Crippen molar-refractivity contribution in [3.8, 4) is 0 Å². The Morgan fingerprint density at radius 3 is 1.92 bits per heavy atom. The van der Waals surface area contributed by atoms with Crippen LogP contribution in [0.3, 0.4) is 0 Å². The summed E-state index contributed by atoms with van der Waals surface area (Å²) >= 11 is 0. The quantitative estimate of drug-likeness (QED) is 0.591. The first-order chi connectivity index (χ1) is 5.75. The lowest BCUT2D eigenvalue weighted by molar-refractivity contribution is -0.138. The second kappa shape index (κ2) is 5.75. The van der Waals surface area contributed by atoms with Crippen molar-refractivity contribution in [2.75, 3.05) is 6.54 Å². The zero-order valence-corrected chi connectivity index (χ0v) is 8.09. The first-order valence-electron chi connectivity index (χ1n) is 4.59. The Morgan fingerprint density at radius 1 is 1.17 bits per heavy atom. The molecular formula is C9H17NO2. The van der Waals surface area contributed by atoms with Gasteiger partial charge in [-0.25, -0.2) is 0 Å². The molecule has 1 aliphatic rings. The highest BCUT2D eigenvalue weighted by atomic mass is 16.2. The molecule has 0 aromatic heterocycles. The molecule has 1 fully saturated rings. The molecule has 0 aliphatic carbocycles. The van der Waals surface area contributed by atoms with Crippen molar-refractivity contribution < 1.29 is 9.59 Å². The monoisotopic (exact) mass is 171 g/mol. The Kier molecular flexibility index (Phi) is 5.34. The van der Waals surface area contributed by atoms with E-state index in [4.69, 9.17) is 0 Å². The molecule has 1 saturated heterocycles. The van der Waals surface area contributed by atoms with Gasteiger partial charge >= 0.3 is 0 Å². The SMILES string of the molecule is CC.CCCN1C(=O)CCC1=O. The Hall–Kier alpha value is -0.860. The fourth-order valence-corrected chi connectivity index (χ4v) is 1.10. The van der Waals surface area contributed by atoms with Crippen LogP contribution in [0.25, 0.3) is 0 Å². The summed E-state index contributed by atoms with van der Waals surface area (Å²) in [5, 5.41) is 0. The van der Waals surface area contributed by atoms with Gasteiger partial charge in [0.2, 0.25) is 11.8 Å². The molecule has 0 spiro atoms. The highest BCUT2D eigenvalue weighted by Crippen LogP contribution is 2.11. The predicted molar refractivity (Wildman–Crippen MR) is 47.6 cm³/mol. The third kappa shape index (κ3) is 2.64. The van der Waals surface area contributed by atoms with Gasteiger partial charge in [0, 0.05) is 19.4 Å². The molecular weight excluding hydrogens is 154 g/mol. The molecule has 0 saturated carbocycles. The second-order valence-corrected chi connectivity index (χ2v) is 2.44. The average molecular weight is 171 g/mol. The van der Waals surface area contributed by atoms with Crippen molar-refractivity contribution in [2.24, 2.45) is 0 Å². The maximum absolute atomic E-state index is 10.9. The van der Waals surface area contributed by atoms with Crippen LogP contribution in [-0.2, 0) is 9.59 Å². The van der Waals surface area contributed by atoms with Crippen LogP contribution in [0.15, 0.2) is 0 Å². The van der Waals surface area contributed by atoms with Crippen molar-refractivity contribution in [1.82, 2.24) is 4.90 Å². The van der Waals surface area contributed by atoms with Gasteiger partial charge in [0.15, 0.2) is 0 Å². The summed E-state index contributed by atoms with van der Waals surface area (Å²) < 4.78 is 0. The molecule has 3 heteroatoms. The van der Waals surface area contributed by atoms with Gasteiger partial charge in [-0.3, -0.25) is 14.5 Å². The number of hydrogen-bond acceptors (Lipinski definition) is 2. The summed E-state index contributed by atoms with van der Waals surface area (Å²) in [5.41, 5.74) is 0. The van der Waals surface area contributed by atoms with Crippen LogP contribution in [0, 0.1) is 0 Å². The molecule has 12 heavy (non-hydrogen) atoms. The molecule has 0 radical (unpaired) electrons. The molecule has 1 rings (SSSR count). The van der Waals surface area contributed by atoms with Gasteiger partial charge in [-0.05, 0) is 6.42 Å². The van der Waals surface area contributed by atoms with Crippen molar-refractivity contribution in [3.63, 3.8) is 0 Å². The van der Waals surface area contributed by atoms with Gasteiger partial charge < -0.3 is 0 Å². The number of carbonyl (C=O) groups excluding carboxylic acids is 2. The highest BCUT2D eigenvalue weighted by Gasteiger charge is 2.27. The van der Waals surface area contributed by atoms with Gasteiger partial charge in [-0.2, -0.15) is 0 Å². The molecule has 0 aromatic rings. The fraction of sp³-hybridized carbons (Fsp3) is 0.778. The summed E-state index contributed by atoms with van der Waals surface area (Å²) in [5.74, 6) is -0.0151. The lowest BCUT2D eigenvalue weighted by atomic mass is 10.4. The first kappa shape index (κ1) is 11.1. The van der Waals surface area contributed by atoms with Gasteiger partial charge in [0.25, 0.3) is 0 Å². The van der Waals surface area contributed by atoms with E-state index in [0.717, 1.165) is 6.42 Å². The van der Waals surface area contributed by atoms with E-state index < -0.39 is 0 Å². The molecule has 0 atom stereocenters. The van der Waals surface area contributed by atoms with E-state index in [1.165, 1.54) is 4.90 Å². The van der Waals surface area contributed by atoms with Crippen LogP contribution in [0.5, 0.6) is 0 Å². The van der Waals surface area contributed by atoms with Crippen molar-refractivity contribution in [1.29, 1.82) is 0 Å². The molecule has 3 nitrogen and oxygen atoms in total. The van der Waals surface area contributed by atoms with E-state index in [2.05, 4.69) is 0 Å². The van der Waals surface area contributed by atoms with Gasteiger partial charge in [0.1, 0.15) is 0 Å². The molecule has 2 amide bonds. The fourth-order valence-electron chi connectivity index (χ4n) is 1.10. The Balaban J connectivity index is 0.000000561. The minimum atomic E-state index is -0.00755. The number of rotatable bonds is 2. The second-order valence-electron chi connectivity index (χ2n) is 2.44. The van der Waals surface area contributed by atoms with E-state index in [1.54, 1.807) is 0 Å². The van der Waals surface area contributed by atoms with Crippen molar-refractivity contribution in [3.05, 3.63) is 0 Å². The number of nitrogens with zero attached hydrogens (tertiary/aromatic N) is 1.